The summed E-state index contributed by atoms with van der Waals surface area (Å²) in [5.74, 6) is -0.735. The fourth-order valence-electron chi connectivity index (χ4n) is 1.57. The van der Waals surface area contributed by atoms with Crippen LogP contribution in [-0.2, 0) is 14.3 Å². The molecule has 1 aromatic rings. The number of nitrogen functional groups attached to an aromatic ring is 1. The van der Waals surface area contributed by atoms with Gasteiger partial charge in [0.15, 0.2) is 0 Å². The normalized spacial score (nSPS) is 9.90. The number of hydrogen-bond donors (Lipinski definition) is 3. The molecular weight excluding hydrogens is 262 g/mol. The Hall–Kier alpha value is -2.28. The lowest BCUT2D eigenvalue weighted by molar-refractivity contribution is -0.119. The Kier molecular flexibility index (Phi) is 6.31. The Bertz CT molecular complexity index is 477. The second-order valence-corrected chi connectivity index (χ2v) is 3.96. The highest BCUT2D eigenvalue weighted by Gasteiger charge is 2.14. The first-order valence-electron chi connectivity index (χ1n) is 6.06. The molecule has 0 aliphatic carbocycles. The number of anilines is 2. The summed E-state index contributed by atoms with van der Waals surface area (Å²) in [5.41, 5.74) is 6.85. The maximum Gasteiger partial charge on any atom is 0.340 e. The van der Waals surface area contributed by atoms with E-state index < -0.39 is 5.97 Å². The molecule has 0 aromatic heterocycles. The highest BCUT2D eigenvalue weighted by molar-refractivity contribution is 5.99. The molecule has 4 N–H and O–H groups in total. The molecule has 0 fully saturated rings. The van der Waals surface area contributed by atoms with Gasteiger partial charge in [-0.15, -0.1) is 0 Å². The zero-order chi connectivity index (χ0) is 15.0. The van der Waals surface area contributed by atoms with Crippen LogP contribution in [0.3, 0.4) is 0 Å². The minimum Gasteiger partial charge on any atom is -0.465 e. The van der Waals surface area contributed by atoms with Gasteiger partial charge in [-0.05, 0) is 12.1 Å². The van der Waals surface area contributed by atoms with Gasteiger partial charge in [-0.3, -0.25) is 4.79 Å². The number of hydrogen-bond acceptors (Lipinski definition) is 6. The number of nitrogens with two attached hydrogens (primary N) is 1. The third-order valence-corrected chi connectivity index (χ3v) is 2.56. The van der Waals surface area contributed by atoms with Crippen molar-refractivity contribution in [1.82, 2.24) is 5.32 Å². The van der Waals surface area contributed by atoms with Crippen LogP contribution >= 0.6 is 0 Å². The van der Waals surface area contributed by atoms with Gasteiger partial charge >= 0.3 is 5.97 Å². The quantitative estimate of drug-likeness (QED) is 0.375. The van der Waals surface area contributed by atoms with Crippen molar-refractivity contribution < 1.29 is 19.1 Å². The van der Waals surface area contributed by atoms with Gasteiger partial charge in [-0.1, -0.05) is 6.07 Å². The molecule has 0 heterocycles. The predicted octanol–water partition coefficient (Wildman–Crippen LogP) is 0.230. The highest BCUT2D eigenvalue weighted by Crippen LogP contribution is 2.23. The molecule has 1 amide bonds. The summed E-state index contributed by atoms with van der Waals surface area (Å²) in [4.78, 5) is 23.2. The largest absolute Gasteiger partial charge is 0.465 e. The fourth-order valence-corrected chi connectivity index (χ4v) is 1.57. The molecule has 1 aromatic carbocycles. The maximum atomic E-state index is 11.6. The molecule has 0 saturated heterocycles. The minimum absolute atomic E-state index is 0.00191. The molecule has 110 valence electrons. The molecular formula is C13H19N3O4. The highest BCUT2D eigenvalue weighted by atomic mass is 16.5. The van der Waals surface area contributed by atoms with E-state index in [0.717, 1.165) is 0 Å². The van der Waals surface area contributed by atoms with Crippen LogP contribution in [0.5, 0.6) is 0 Å². The molecule has 0 radical (unpaired) electrons. The molecule has 7 heteroatoms. The molecule has 0 spiro atoms. The van der Waals surface area contributed by atoms with E-state index in [-0.39, 0.29) is 18.0 Å². The van der Waals surface area contributed by atoms with Crippen LogP contribution in [0.1, 0.15) is 10.4 Å². The van der Waals surface area contributed by atoms with Gasteiger partial charge in [0.1, 0.15) is 0 Å². The molecule has 7 nitrogen and oxygen atoms in total. The van der Waals surface area contributed by atoms with Crippen LogP contribution in [0.15, 0.2) is 18.2 Å². The van der Waals surface area contributed by atoms with Crippen molar-refractivity contribution in [2.45, 2.75) is 0 Å². The number of para-hydroxylation sites is 1. The topological polar surface area (TPSA) is 103 Å². The summed E-state index contributed by atoms with van der Waals surface area (Å²) in [6.07, 6.45) is 0. The molecule has 0 saturated carbocycles. The smallest absolute Gasteiger partial charge is 0.340 e. The summed E-state index contributed by atoms with van der Waals surface area (Å²) >= 11 is 0. The van der Waals surface area contributed by atoms with Crippen LogP contribution in [0.25, 0.3) is 0 Å². The van der Waals surface area contributed by atoms with Gasteiger partial charge in [0.05, 0.1) is 37.2 Å². The summed E-state index contributed by atoms with van der Waals surface area (Å²) in [6.45, 7) is 0.861. The average molecular weight is 281 g/mol. The monoisotopic (exact) mass is 281 g/mol. The number of amides is 1. The first-order chi connectivity index (χ1) is 9.60. The van der Waals surface area contributed by atoms with Gasteiger partial charge in [-0.2, -0.15) is 0 Å². The Balaban J connectivity index is 2.67. The Morgan fingerprint density at radius 3 is 2.70 bits per heavy atom. The lowest BCUT2D eigenvalue weighted by Gasteiger charge is -2.13. The van der Waals surface area contributed by atoms with Crippen molar-refractivity contribution in [3.05, 3.63) is 23.8 Å². The van der Waals surface area contributed by atoms with Crippen LogP contribution in [0.4, 0.5) is 11.4 Å². The number of carbonyl (C=O) groups excluding carboxylic acids is 2. The molecule has 0 unspecified atom stereocenters. The van der Waals surface area contributed by atoms with Gasteiger partial charge in [-0.25, -0.2) is 4.79 Å². The van der Waals surface area contributed by atoms with E-state index in [1.165, 1.54) is 7.11 Å². The molecule has 0 bridgehead atoms. The fraction of sp³-hybridized carbons (Fsp3) is 0.385. The van der Waals surface area contributed by atoms with Crippen molar-refractivity contribution in [3.8, 4) is 0 Å². The van der Waals surface area contributed by atoms with Crippen molar-refractivity contribution in [2.75, 3.05) is 45.0 Å². The van der Waals surface area contributed by atoms with Gasteiger partial charge in [0.2, 0.25) is 5.91 Å². The zero-order valence-corrected chi connectivity index (χ0v) is 11.6. The van der Waals surface area contributed by atoms with E-state index in [1.807, 2.05) is 0 Å². The first-order valence-corrected chi connectivity index (χ1v) is 6.06. The Labute approximate surface area is 117 Å². The van der Waals surface area contributed by atoms with E-state index in [1.54, 1.807) is 25.3 Å². The standard InChI is InChI=1S/C13H19N3O4/c1-19-7-6-15-11(17)8-16-12-9(13(18)20-2)4-3-5-10(12)14/h3-5,16H,6-8,14H2,1-2H3,(H,15,17). The average Bonchev–Trinajstić information content (AvgIpc) is 2.45. The molecule has 0 aliphatic rings. The molecule has 20 heavy (non-hydrogen) atoms. The number of rotatable bonds is 7. The van der Waals surface area contributed by atoms with Crippen LogP contribution in [0.2, 0.25) is 0 Å². The van der Waals surface area contributed by atoms with Crippen molar-refractivity contribution in [2.24, 2.45) is 0 Å². The molecule has 0 aliphatic heterocycles. The second-order valence-electron chi connectivity index (χ2n) is 3.96. The zero-order valence-electron chi connectivity index (χ0n) is 11.6. The van der Waals surface area contributed by atoms with Crippen molar-refractivity contribution >= 4 is 23.3 Å². The van der Waals surface area contributed by atoms with Gasteiger partial charge < -0.3 is 25.8 Å². The van der Waals surface area contributed by atoms with Crippen molar-refractivity contribution in [1.29, 1.82) is 0 Å². The Morgan fingerprint density at radius 1 is 1.30 bits per heavy atom. The van der Waals surface area contributed by atoms with E-state index in [4.69, 9.17) is 10.5 Å². The van der Waals surface area contributed by atoms with E-state index in [2.05, 4.69) is 15.4 Å². The molecule has 1 rings (SSSR count). The predicted molar refractivity (Wildman–Crippen MR) is 75.6 cm³/mol. The summed E-state index contributed by atoms with van der Waals surface area (Å²) in [5, 5.41) is 5.50. The van der Waals surface area contributed by atoms with Crippen LogP contribution in [0, 0.1) is 0 Å². The van der Waals surface area contributed by atoms with Gasteiger partial charge in [0, 0.05) is 13.7 Å². The number of ether oxygens (including phenoxy) is 2. The lowest BCUT2D eigenvalue weighted by atomic mass is 10.1. The number of nitrogens with one attached hydrogen (secondary N) is 2. The number of benzene rings is 1. The van der Waals surface area contributed by atoms with E-state index in [0.29, 0.717) is 24.5 Å². The second kappa shape index (κ2) is 8.00. The minimum atomic E-state index is -0.514. The van der Waals surface area contributed by atoms with Crippen molar-refractivity contribution in [3.63, 3.8) is 0 Å². The summed E-state index contributed by atoms with van der Waals surface area (Å²) in [7, 11) is 2.84. The van der Waals surface area contributed by atoms with Crippen LogP contribution < -0.4 is 16.4 Å². The lowest BCUT2D eigenvalue weighted by Crippen LogP contribution is -2.32. The summed E-state index contributed by atoms with van der Waals surface area (Å²) in [6, 6.07) is 4.86. The molecule has 0 atom stereocenters. The maximum absolute atomic E-state index is 11.6. The third-order valence-electron chi connectivity index (χ3n) is 2.56. The third kappa shape index (κ3) is 4.43. The Morgan fingerprint density at radius 2 is 2.05 bits per heavy atom. The number of esters is 1. The number of carbonyl (C=O) groups is 2. The SMILES string of the molecule is COCCNC(=O)CNc1c(N)cccc1C(=O)OC. The van der Waals surface area contributed by atoms with Crippen LogP contribution in [-0.4, -0.2) is 45.8 Å². The summed E-state index contributed by atoms with van der Waals surface area (Å²) < 4.78 is 9.49. The van der Waals surface area contributed by atoms with E-state index >= 15 is 0 Å². The first kappa shape index (κ1) is 15.8. The number of methoxy groups -OCH3 is 2. The van der Waals surface area contributed by atoms with Gasteiger partial charge in [0.25, 0.3) is 0 Å². The van der Waals surface area contributed by atoms with E-state index in [9.17, 15) is 9.59 Å².